The Bertz CT molecular complexity index is 1500. The average molecular weight is 1120 g/mol. The minimum absolute atomic E-state index is 0.210. The number of amides is 3. The molecule has 2 heterocycles. The van der Waals surface area contributed by atoms with Crippen molar-refractivity contribution in [2.75, 3.05) is 164 Å². The molecule has 0 unspecified atom stereocenters. The summed E-state index contributed by atoms with van der Waals surface area (Å²) in [4.78, 5) is 47.5. The Morgan fingerprint density at radius 2 is 1.12 bits per heavy atom. The summed E-state index contributed by atoms with van der Waals surface area (Å²) in [5.74, 6) is 0.115. The Balaban J connectivity index is 1.32. The molecule has 3 N–H and O–H groups in total. The Morgan fingerprint density at radius 1 is 0.692 bits per heavy atom. The van der Waals surface area contributed by atoms with Crippen molar-refractivity contribution in [1.29, 1.82) is 0 Å². The van der Waals surface area contributed by atoms with Crippen LogP contribution < -0.4 is 16.0 Å². The molecule has 0 saturated heterocycles. The first-order chi connectivity index (χ1) is 31.6. The topological polar surface area (TPSA) is 227 Å². The number of rotatable bonds is 39. The first kappa shape index (κ1) is 58.2. The summed E-state index contributed by atoms with van der Waals surface area (Å²) in [7, 11) is 0. The van der Waals surface area contributed by atoms with Gasteiger partial charge in [-0.05, 0) is 20.8 Å². The van der Waals surface area contributed by atoms with Crippen molar-refractivity contribution >= 4 is 61.6 Å². The van der Waals surface area contributed by atoms with E-state index >= 15 is 0 Å². The number of pyridine rings is 1. The van der Waals surface area contributed by atoms with Crippen LogP contribution in [0.3, 0.4) is 0 Å². The molecule has 65 heavy (non-hydrogen) atoms. The molecule has 0 bridgehead atoms. The zero-order valence-corrected chi connectivity index (χ0v) is 43.6. The van der Waals surface area contributed by atoms with Gasteiger partial charge >= 0.3 is 193 Å². The molecule has 0 fully saturated rings. The third-order valence-electron chi connectivity index (χ3n) is 8.30. The fraction of sp³-hybridized carbons (Fsp3) is 0.744. The number of hydroxylamine groups is 2. The number of nitrogens with zero attached hydrogens (tertiary/aromatic N) is 3. The molecule has 0 radical (unpaired) electrons. The summed E-state index contributed by atoms with van der Waals surface area (Å²) in [6.45, 7) is 19.6. The van der Waals surface area contributed by atoms with E-state index in [-0.39, 0.29) is 17.5 Å². The second-order valence-corrected chi connectivity index (χ2v) is 15.8. The van der Waals surface area contributed by atoms with Crippen LogP contribution in [0.15, 0.2) is 20.6 Å². The van der Waals surface area contributed by atoms with Gasteiger partial charge in [0.1, 0.15) is 5.60 Å². The summed E-state index contributed by atoms with van der Waals surface area (Å²) in [5.41, 5.74) is 1.60. The maximum atomic E-state index is 13.2. The Hall–Kier alpha value is -2.95. The summed E-state index contributed by atoms with van der Waals surface area (Å²) in [5, 5.41) is 10.1. The van der Waals surface area contributed by atoms with Gasteiger partial charge in [0.25, 0.3) is 0 Å². The first-order valence-corrected chi connectivity index (χ1v) is 24.3. The molecule has 1 aliphatic rings. The number of aromatic nitrogens is 1. The molecule has 1 aromatic heterocycles. The predicted octanol–water partition coefficient (Wildman–Crippen LogP) is 2.37. The number of alkyl carbamates (subject to hydrolysis) is 1. The molecule has 3 amide bonds. The molecule has 0 aromatic carbocycles. The monoisotopic (exact) mass is 1120 g/mol. The molecule has 1 aromatic rings. The SMILES string of the molecule is CCCN(OCC)C(=O)C1=Cc2cnc(C(=O)NCCOCCOCCOCCOCCOCCOCCOCCOCCOCCOCCNC(=O)OC(C)(C)C)cc2N/C(=[N]\[Tl])C1. The Kier molecular flexibility index (Phi) is 34.1. The molecular formula is C43H73N6O15Tl. The Labute approximate surface area is 400 Å². The molecular weight excluding hydrogens is 1040 g/mol. The summed E-state index contributed by atoms with van der Waals surface area (Å²) < 4.78 is 64.6. The van der Waals surface area contributed by atoms with Gasteiger partial charge in [-0.25, -0.2) is 4.79 Å². The number of carbonyl (C=O) groups excluding carboxylic acids is 3. The number of fused-ring (bicyclic) bond motifs is 1. The van der Waals surface area contributed by atoms with E-state index in [4.69, 9.17) is 56.9 Å². The molecule has 1 aliphatic heterocycles. The number of ether oxygens (including phenoxy) is 11. The van der Waals surface area contributed by atoms with Gasteiger partial charge in [-0.1, -0.05) is 0 Å². The van der Waals surface area contributed by atoms with Crippen LogP contribution >= 0.6 is 0 Å². The van der Waals surface area contributed by atoms with E-state index in [0.717, 1.165) is 6.42 Å². The fourth-order valence-electron chi connectivity index (χ4n) is 5.34. The van der Waals surface area contributed by atoms with E-state index < -0.39 is 11.7 Å². The molecule has 368 valence electrons. The van der Waals surface area contributed by atoms with E-state index in [2.05, 4.69) is 23.7 Å². The van der Waals surface area contributed by atoms with Crippen LogP contribution in [0.25, 0.3) is 6.08 Å². The number of nitrogens with one attached hydrogen (secondary N) is 3. The van der Waals surface area contributed by atoms with Gasteiger partial charge in [-0.15, -0.1) is 0 Å². The van der Waals surface area contributed by atoms with Gasteiger partial charge in [-0.3, -0.25) is 0 Å². The van der Waals surface area contributed by atoms with E-state index in [1.807, 2.05) is 34.6 Å². The number of anilines is 1. The molecule has 0 saturated carbocycles. The molecule has 0 aliphatic carbocycles. The van der Waals surface area contributed by atoms with Gasteiger partial charge in [0.15, 0.2) is 0 Å². The minimum atomic E-state index is -0.523. The first-order valence-electron chi connectivity index (χ1n) is 22.3. The molecule has 2 rings (SSSR count). The fourth-order valence-corrected chi connectivity index (χ4v) is 5.95. The average Bonchev–Trinajstić information content (AvgIpc) is 3.47. The molecule has 21 nitrogen and oxygen atoms in total. The molecule has 0 spiro atoms. The number of carbonyl (C=O) groups is 3. The maximum absolute atomic E-state index is 13.2. The zero-order valence-electron chi connectivity index (χ0n) is 39.2. The van der Waals surface area contributed by atoms with Gasteiger partial charge in [-0.2, -0.15) is 0 Å². The molecule has 0 atom stereocenters. The second kappa shape index (κ2) is 38.1. The Morgan fingerprint density at radius 3 is 1.52 bits per heavy atom. The van der Waals surface area contributed by atoms with Crippen LogP contribution in [-0.2, 0) is 61.7 Å². The van der Waals surface area contributed by atoms with Crippen molar-refractivity contribution in [1.82, 2.24) is 20.7 Å². The van der Waals surface area contributed by atoms with Crippen molar-refractivity contribution < 1.29 is 71.3 Å². The van der Waals surface area contributed by atoms with Crippen LogP contribution in [0.4, 0.5) is 10.5 Å². The quantitative estimate of drug-likeness (QED) is 0.0489. The van der Waals surface area contributed by atoms with Gasteiger partial charge in [0.2, 0.25) is 0 Å². The van der Waals surface area contributed by atoms with Crippen LogP contribution in [0, 0.1) is 0 Å². The van der Waals surface area contributed by atoms with Gasteiger partial charge in [0, 0.05) is 6.54 Å². The second-order valence-electron chi connectivity index (χ2n) is 14.8. The summed E-state index contributed by atoms with van der Waals surface area (Å²) in [6, 6.07) is 1.66. The van der Waals surface area contributed by atoms with Gasteiger partial charge in [0.05, 0.1) is 119 Å². The standard InChI is InChI=1S/C43H73N6O15.Tl/c1-6-10-49(63-7-2)41(51)35-31-36-34-47-38(33-37(36)48-39(44)32-35)40(50)45-8-11-53-13-15-55-17-19-57-21-23-59-25-27-61-29-30-62-28-26-60-24-22-58-20-18-56-16-14-54-12-9-46-42(52)64-43(3,4)5;/h31,33-34H,6-30,32H2,1-5H3,(H3-,44,45,46,47,48,50,51,52);/q-1;+1. The third kappa shape index (κ3) is 30.1. The normalized spacial score (nSPS) is 13.2. The zero-order chi connectivity index (χ0) is 47.2. The number of hydrogen-bond acceptors (Lipinski definition) is 17. The van der Waals surface area contributed by atoms with Crippen LogP contribution in [0.1, 0.15) is 63.5 Å². The van der Waals surface area contributed by atoms with Crippen molar-refractivity contribution in [3.8, 4) is 0 Å². The summed E-state index contributed by atoms with van der Waals surface area (Å²) in [6.07, 6.45) is 3.99. The van der Waals surface area contributed by atoms with Crippen LogP contribution in [-0.4, -0.2) is 224 Å². The van der Waals surface area contributed by atoms with Crippen molar-refractivity contribution in [3.63, 3.8) is 0 Å². The van der Waals surface area contributed by atoms with Crippen LogP contribution in [0.2, 0.25) is 0 Å². The number of hydrogen-bond donors (Lipinski definition) is 3. The van der Waals surface area contributed by atoms with E-state index in [1.165, 1.54) is 5.06 Å². The van der Waals surface area contributed by atoms with Crippen molar-refractivity contribution in [3.05, 3.63) is 29.1 Å². The summed E-state index contributed by atoms with van der Waals surface area (Å²) >= 11 is 0.329. The van der Waals surface area contributed by atoms with Gasteiger partial charge < -0.3 is 52.7 Å². The van der Waals surface area contributed by atoms with E-state index in [1.54, 1.807) is 18.3 Å². The van der Waals surface area contributed by atoms with Crippen molar-refractivity contribution in [2.24, 2.45) is 2.80 Å². The third-order valence-corrected chi connectivity index (χ3v) is 9.51. The number of amidine groups is 1. The van der Waals surface area contributed by atoms with E-state index in [0.29, 0.717) is 214 Å². The predicted molar refractivity (Wildman–Crippen MR) is 242 cm³/mol. The van der Waals surface area contributed by atoms with Crippen LogP contribution in [0.5, 0.6) is 0 Å². The molecule has 22 heteroatoms. The van der Waals surface area contributed by atoms with Crippen molar-refractivity contribution in [2.45, 2.75) is 53.1 Å². The van der Waals surface area contributed by atoms with E-state index in [9.17, 15) is 14.4 Å².